The van der Waals surface area contributed by atoms with Crippen molar-refractivity contribution in [1.82, 2.24) is 5.32 Å². The zero-order chi connectivity index (χ0) is 11.1. The van der Waals surface area contributed by atoms with E-state index in [2.05, 4.69) is 5.32 Å². The molecule has 0 aliphatic heterocycles. The summed E-state index contributed by atoms with van der Waals surface area (Å²) in [6.07, 6.45) is 3.76. The molecule has 0 aromatic heterocycles. The lowest BCUT2D eigenvalue weighted by atomic mass is 10.2. The Morgan fingerprint density at radius 1 is 1.56 bits per heavy atom. The fourth-order valence-corrected chi connectivity index (χ4v) is 1.63. The van der Waals surface area contributed by atoms with E-state index in [1.54, 1.807) is 0 Å². The van der Waals surface area contributed by atoms with Crippen molar-refractivity contribution in [3.05, 3.63) is 0 Å². The fraction of sp³-hybridized carbons (Fsp3) is 0.909. The fourth-order valence-electron chi connectivity index (χ4n) is 1.63. The van der Waals surface area contributed by atoms with Gasteiger partial charge in [0.25, 0.3) is 0 Å². The van der Waals surface area contributed by atoms with Gasteiger partial charge in [-0.05, 0) is 32.1 Å². The second-order valence-electron chi connectivity index (χ2n) is 4.05. The smallest absolute Gasteiger partial charge is 0.220 e. The molecule has 0 bridgehead atoms. The van der Waals surface area contributed by atoms with Crippen molar-refractivity contribution in [2.75, 3.05) is 19.8 Å². The molecule has 3 N–H and O–H groups in total. The van der Waals surface area contributed by atoms with Gasteiger partial charge in [0.1, 0.15) is 0 Å². The van der Waals surface area contributed by atoms with Gasteiger partial charge in [-0.3, -0.25) is 4.79 Å². The number of carbonyl (C=O) groups is 1. The van der Waals surface area contributed by atoms with Gasteiger partial charge >= 0.3 is 0 Å². The molecule has 1 aliphatic rings. The second kappa shape index (κ2) is 8.79. The Bertz CT molecular complexity index is 198. The van der Waals surface area contributed by atoms with Gasteiger partial charge in [-0.25, -0.2) is 0 Å². The number of carbonyl (C=O) groups excluding carboxylic acids is 1. The quantitative estimate of drug-likeness (QED) is 0.634. The largest absolute Gasteiger partial charge is 0.382 e. The third-order valence-electron chi connectivity index (χ3n) is 2.69. The molecule has 1 fully saturated rings. The Kier molecular flexibility index (Phi) is 8.61. The predicted molar refractivity (Wildman–Crippen MR) is 66.7 cm³/mol. The van der Waals surface area contributed by atoms with Crippen LogP contribution in [0.4, 0.5) is 0 Å². The van der Waals surface area contributed by atoms with Crippen molar-refractivity contribution in [1.29, 1.82) is 0 Å². The highest BCUT2D eigenvalue weighted by Crippen LogP contribution is 2.32. The monoisotopic (exact) mass is 250 g/mol. The molecule has 96 valence electrons. The summed E-state index contributed by atoms with van der Waals surface area (Å²) in [6.45, 7) is 3.90. The standard InChI is InChI=1S/C11H22N2O2.ClH/c1-2-15-7-3-4-11(14)13-10(8-12)9-5-6-9;/h9-10H,2-8,12H2,1H3,(H,13,14);1H. The van der Waals surface area contributed by atoms with Crippen molar-refractivity contribution < 1.29 is 9.53 Å². The Labute approximate surface area is 104 Å². The molecular formula is C11H23ClN2O2. The topological polar surface area (TPSA) is 64.3 Å². The molecule has 1 atom stereocenters. The number of hydrogen-bond donors (Lipinski definition) is 2. The van der Waals surface area contributed by atoms with Gasteiger partial charge in [-0.1, -0.05) is 0 Å². The van der Waals surface area contributed by atoms with Crippen LogP contribution in [0.1, 0.15) is 32.6 Å². The third kappa shape index (κ3) is 6.30. The lowest BCUT2D eigenvalue weighted by Gasteiger charge is -2.15. The molecule has 1 aliphatic carbocycles. The summed E-state index contributed by atoms with van der Waals surface area (Å²) < 4.78 is 5.17. The molecule has 4 nitrogen and oxygen atoms in total. The molecule has 5 heteroatoms. The number of nitrogens with two attached hydrogens (primary N) is 1. The van der Waals surface area contributed by atoms with Gasteiger partial charge in [0.05, 0.1) is 0 Å². The highest BCUT2D eigenvalue weighted by Gasteiger charge is 2.30. The zero-order valence-electron chi connectivity index (χ0n) is 9.91. The molecule has 0 saturated heterocycles. The van der Waals surface area contributed by atoms with Crippen molar-refractivity contribution in [2.24, 2.45) is 11.7 Å². The van der Waals surface area contributed by atoms with E-state index in [4.69, 9.17) is 10.5 Å². The van der Waals surface area contributed by atoms with Gasteiger partial charge in [0.2, 0.25) is 5.91 Å². The highest BCUT2D eigenvalue weighted by molar-refractivity contribution is 5.85. The van der Waals surface area contributed by atoms with Gasteiger partial charge in [0.15, 0.2) is 0 Å². The van der Waals surface area contributed by atoms with Crippen LogP contribution in [0, 0.1) is 5.92 Å². The zero-order valence-corrected chi connectivity index (χ0v) is 10.7. The van der Waals surface area contributed by atoms with Crippen LogP contribution < -0.4 is 11.1 Å². The normalized spacial score (nSPS) is 16.4. The Morgan fingerprint density at radius 3 is 2.75 bits per heavy atom. The summed E-state index contributed by atoms with van der Waals surface area (Å²) in [5, 5.41) is 2.99. The van der Waals surface area contributed by atoms with E-state index in [-0.39, 0.29) is 24.4 Å². The van der Waals surface area contributed by atoms with Crippen LogP contribution in [0.15, 0.2) is 0 Å². The van der Waals surface area contributed by atoms with Crippen molar-refractivity contribution in [2.45, 2.75) is 38.6 Å². The number of hydrogen-bond acceptors (Lipinski definition) is 3. The predicted octanol–water partition coefficient (Wildman–Crippen LogP) is 1.08. The first kappa shape index (κ1) is 15.7. The van der Waals surface area contributed by atoms with Crippen LogP contribution in [0.3, 0.4) is 0 Å². The number of ether oxygens (including phenoxy) is 1. The van der Waals surface area contributed by atoms with Crippen LogP contribution in [0.5, 0.6) is 0 Å². The average Bonchev–Trinajstić information content (AvgIpc) is 3.05. The van der Waals surface area contributed by atoms with Crippen LogP contribution in [0.2, 0.25) is 0 Å². The minimum atomic E-state index is 0. The minimum Gasteiger partial charge on any atom is -0.382 e. The number of amides is 1. The molecule has 1 saturated carbocycles. The van der Waals surface area contributed by atoms with Crippen LogP contribution in [-0.4, -0.2) is 31.7 Å². The molecule has 0 aromatic rings. The van der Waals surface area contributed by atoms with Crippen molar-refractivity contribution in [3.8, 4) is 0 Å². The SMILES string of the molecule is CCOCCCC(=O)NC(CN)C1CC1.Cl. The van der Waals surface area contributed by atoms with E-state index in [1.807, 2.05) is 6.92 Å². The molecule has 0 heterocycles. The van der Waals surface area contributed by atoms with E-state index >= 15 is 0 Å². The maximum absolute atomic E-state index is 11.5. The summed E-state index contributed by atoms with van der Waals surface area (Å²) in [5.41, 5.74) is 5.60. The molecule has 0 radical (unpaired) electrons. The van der Waals surface area contributed by atoms with E-state index < -0.39 is 0 Å². The van der Waals surface area contributed by atoms with Crippen molar-refractivity contribution in [3.63, 3.8) is 0 Å². The van der Waals surface area contributed by atoms with E-state index in [0.717, 1.165) is 13.0 Å². The molecule has 1 unspecified atom stereocenters. The van der Waals surface area contributed by atoms with Crippen LogP contribution in [0.25, 0.3) is 0 Å². The maximum Gasteiger partial charge on any atom is 0.220 e. The molecule has 16 heavy (non-hydrogen) atoms. The molecular weight excluding hydrogens is 228 g/mol. The molecule has 0 spiro atoms. The summed E-state index contributed by atoms with van der Waals surface area (Å²) in [5.74, 6) is 0.739. The summed E-state index contributed by atoms with van der Waals surface area (Å²) >= 11 is 0. The Balaban J connectivity index is 0.00000225. The highest BCUT2D eigenvalue weighted by atomic mass is 35.5. The van der Waals surface area contributed by atoms with E-state index in [9.17, 15) is 4.79 Å². The van der Waals surface area contributed by atoms with Gasteiger partial charge in [0, 0.05) is 32.2 Å². The molecule has 1 amide bonds. The van der Waals surface area contributed by atoms with Crippen LogP contribution >= 0.6 is 12.4 Å². The summed E-state index contributed by atoms with van der Waals surface area (Å²) in [6, 6.07) is 0.199. The molecule has 0 aromatic carbocycles. The van der Waals surface area contributed by atoms with Crippen molar-refractivity contribution >= 4 is 18.3 Å². The number of halogens is 1. The van der Waals surface area contributed by atoms with Gasteiger partial charge in [-0.2, -0.15) is 0 Å². The number of nitrogens with one attached hydrogen (secondary N) is 1. The number of rotatable bonds is 8. The average molecular weight is 251 g/mol. The Hall–Kier alpha value is -0.320. The second-order valence-corrected chi connectivity index (χ2v) is 4.05. The Morgan fingerprint density at radius 2 is 2.25 bits per heavy atom. The molecule has 1 rings (SSSR count). The first-order chi connectivity index (χ1) is 7.27. The minimum absolute atomic E-state index is 0. The van der Waals surface area contributed by atoms with E-state index in [1.165, 1.54) is 12.8 Å². The summed E-state index contributed by atoms with van der Waals surface area (Å²) in [7, 11) is 0. The first-order valence-corrected chi connectivity index (χ1v) is 5.85. The van der Waals surface area contributed by atoms with Gasteiger partial charge < -0.3 is 15.8 Å². The summed E-state index contributed by atoms with van der Waals surface area (Å²) in [4.78, 5) is 11.5. The lowest BCUT2D eigenvalue weighted by Crippen LogP contribution is -2.41. The van der Waals surface area contributed by atoms with Gasteiger partial charge in [-0.15, -0.1) is 12.4 Å². The maximum atomic E-state index is 11.5. The lowest BCUT2D eigenvalue weighted by molar-refractivity contribution is -0.122. The van der Waals surface area contributed by atoms with E-state index in [0.29, 0.717) is 25.5 Å². The van der Waals surface area contributed by atoms with Crippen LogP contribution in [-0.2, 0) is 9.53 Å². The first-order valence-electron chi connectivity index (χ1n) is 5.85. The third-order valence-corrected chi connectivity index (χ3v) is 2.69.